The van der Waals surface area contributed by atoms with Gasteiger partial charge in [0.25, 0.3) is 0 Å². The summed E-state index contributed by atoms with van der Waals surface area (Å²) in [6.45, 7) is 0.481. The normalized spacial score (nSPS) is 18.8. The van der Waals surface area contributed by atoms with Crippen LogP contribution in [0.5, 0.6) is 0 Å². The minimum absolute atomic E-state index is 0.0386. The Kier molecular flexibility index (Phi) is 4.24. The van der Waals surface area contributed by atoms with Gasteiger partial charge in [0.05, 0.1) is 0 Å². The highest BCUT2D eigenvalue weighted by Crippen LogP contribution is 2.47. The number of carbonyl (C=O) groups is 1. The van der Waals surface area contributed by atoms with Gasteiger partial charge in [0.1, 0.15) is 12.1 Å². The molecule has 0 bridgehead atoms. The van der Waals surface area contributed by atoms with Gasteiger partial charge in [-0.25, -0.2) is 9.97 Å². The van der Waals surface area contributed by atoms with E-state index in [0.29, 0.717) is 11.6 Å². The first-order valence-corrected chi connectivity index (χ1v) is 8.55. The summed E-state index contributed by atoms with van der Waals surface area (Å²) < 4.78 is 1.84. The van der Waals surface area contributed by atoms with E-state index in [1.54, 1.807) is 18.7 Å². The molecule has 0 aliphatic heterocycles. The fraction of sp³-hybridized carbons (Fsp3) is 0.211. The molecule has 25 heavy (non-hydrogen) atoms. The lowest BCUT2D eigenvalue weighted by Crippen LogP contribution is -2.25. The predicted molar refractivity (Wildman–Crippen MR) is 95.5 cm³/mol. The number of amides is 1. The van der Waals surface area contributed by atoms with Crippen LogP contribution in [-0.2, 0) is 11.3 Å². The second kappa shape index (κ2) is 6.69. The van der Waals surface area contributed by atoms with Crippen molar-refractivity contribution in [2.75, 3.05) is 0 Å². The lowest BCUT2D eigenvalue weighted by molar-refractivity contribution is -0.122. The SMILES string of the molecule is O=C(NCc1ccc(-n2ccnc2)nc1)[C@H]1C[C@H]1c1cccc(Cl)c1. The summed E-state index contributed by atoms with van der Waals surface area (Å²) in [4.78, 5) is 20.7. The van der Waals surface area contributed by atoms with Crippen molar-refractivity contribution in [3.05, 3.63) is 77.5 Å². The number of aromatic nitrogens is 3. The van der Waals surface area contributed by atoms with Crippen molar-refractivity contribution >= 4 is 17.5 Å². The topological polar surface area (TPSA) is 59.8 Å². The minimum atomic E-state index is 0.0386. The molecule has 1 aliphatic rings. The molecule has 1 aliphatic carbocycles. The maximum atomic E-state index is 12.3. The van der Waals surface area contributed by atoms with Gasteiger partial charge in [0, 0.05) is 36.1 Å². The molecule has 1 fully saturated rings. The first kappa shape index (κ1) is 15.8. The van der Waals surface area contributed by atoms with Gasteiger partial charge in [-0.2, -0.15) is 0 Å². The van der Waals surface area contributed by atoms with Crippen LogP contribution in [0.2, 0.25) is 5.02 Å². The van der Waals surface area contributed by atoms with Crippen molar-refractivity contribution in [2.24, 2.45) is 5.92 Å². The molecule has 3 aromatic rings. The monoisotopic (exact) mass is 352 g/mol. The van der Waals surface area contributed by atoms with E-state index in [9.17, 15) is 4.79 Å². The molecule has 2 heterocycles. The molecule has 0 radical (unpaired) electrons. The number of halogens is 1. The number of hydrogen-bond acceptors (Lipinski definition) is 3. The average Bonchev–Trinajstić information content (AvgIpc) is 3.25. The Morgan fingerprint density at radius 1 is 1.32 bits per heavy atom. The Morgan fingerprint density at radius 3 is 2.96 bits per heavy atom. The first-order valence-electron chi connectivity index (χ1n) is 8.17. The zero-order chi connectivity index (χ0) is 17.2. The molecule has 0 saturated heterocycles. The fourth-order valence-corrected chi connectivity index (χ4v) is 3.18. The van der Waals surface area contributed by atoms with Crippen molar-refractivity contribution in [1.29, 1.82) is 0 Å². The molecule has 1 aromatic carbocycles. The number of rotatable bonds is 5. The summed E-state index contributed by atoms with van der Waals surface area (Å²) in [5, 5.41) is 3.71. The molecule has 1 N–H and O–H groups in total. The number of imidazole rings is 1. The highest BCUT2D eigenvalue weighted by molar-refractivity contribution is 6.30. The maximum Gasteiger partial charge on any atom is 0.224 e. The van der Waals surface area contributed by atoms with Gasteiger partial charge in [-0.3, -0.25) is 9.36 Å². The van der Waals surface area contributed by atoms with Crippen molar-refractivity contribution < 1.29 is 4.79 Å². The second-order valence-corrected chi connectivity index (χ2v) is 6.65. The molecule has 6 heteroatoms. The van der Waals surface area contributed by atoms with Crippen molar-refractivity contribution in [1.82, 2.24) is 19.9 Å². The number of hydrogen-bond donors (Lipinski definition) is 1. The van der Waals surface area contributed by atoms with Gasteiger partial charge in [-0.15, -0.1) is 0 Å². The smallest absolute Gasteiger partial charge is 0.224 e. The molecule has 2 aromatic heterocycles. The van der Waals surface area contributed by atoms with E-state index in [4.69, 9.17) is 11.6 Å². The van der Waals surface area contributed by atoms with E-state index in [2.05, 4.69) is 15.3 Å². The molecule has 2 atom stereocenters. The molecular weight excluding hydrogens is 336 g/mol. The van der Waals surface area contributed by atoms with Crippen LogP contribution < -0.4 is 5.32 Å². The Labute approximate surface area is 150 Å². The number of nitrogens with one attached hydrogen (secondary N) is 1. The summed E-state index contributed by atoms with van der Waals surface area (Å²) in [5.41, 5.74) is 2.11. The molecule has 5 nitrogen and oxygen atoms in total. The van der Waals surface area contributed by atoms with E-state index in [1.807, 2.05) is 47.2 Å². The molecule has 1 amide bonds. The molecule has 1 saturated carbocycles. The third kappa shape index (κ3) is 3.56. The van der Waals surface area contributed by atoms with Crippen LogP contribution >= 0.6 is 11.6 Å². The average molecular weight is 353 g/mol. The van der Waals surface area contributed by atoms with Crippen LogP contribution in [0.15, 0.2) is 61.3 Å². The van der Waals surface area contributed by atoms with E-state index in [0.717, 1.165) is 23.4 Å². The highest BCUT2D eigenvalue weighted by Gasteiger charge is 2.43. The second-order valence-electron chi connectivity index (χ2n) is 6.22. The molecule has 0 unspecified atom stereocenters. The fourth-order valence-electron chi connectivity index (χ4n) is 2.98. The van der Waals surface area contributed by atoms with Gasteiger partial charge < -0.3 is 5.32 Å². The summed E-state index contributed by atoms with van der Waals surface area (Å²) >= 11 is 6.02. The van der Waals surface area contributed by atoms with E-state index < -0.39 is 0 Å². The number of carbonyl (C=O) groups excluding carboxylic acids is 1. The van der Waals surface area contributed by atoms with E-state index >= 15 is 0 Å². The Bertz CT molecular complexity index is 877. The summed E-state index contributed by atoms with van der Waals surface area (Å²) in [5.74, 6) is 1.21. The van der Waals surface area contributed by atoms with E-state index in [-0.39, 0.29) is 17.7 Å². The van der Waals surface area contributed by atoms with Gasteiger partial charge in [0.2, 0.25) is 5.91 Å². The standard InChI is InChI=1S/C19H17ClN4O/c20-15-3-1-2-14(8-15)16-9-17(16)19(25)23-11-13-4-5-18(22-10-13)24-7-6-21-12-24/h1-8,10,12,16-17H,9,11H2,(H,23,25)/t16-,17-/m0/s1. The Morgan fingerprint density at radius 2 is 2.24 bits per heavy atom. The van der Waals surface area contributed by atoms with Crippen LogP contribution in [0.25, 0.3) is 5.82 Å². The number of benzene rings is 1. The first-order chi connectivity index (χ1) is 12.2. The van der Waals surface area contributed by atoms with Crippen LogP contribution in [-0.4, -0.2) is 20.4 Å². The minimum Gasteiger partial charge on any atom is -0.352 e. The number of pyridine rings is 1. The van der Waals surface area contributed by atoms with Crippen molar-refractivity contribution in [3.8, 4) is 5.82 Å². The van der Waals surface area contributed by atoms with Crippen LogP contribution in [0.3, 0.4) is 0 Å². The van der Waals surface area contributed by atoms with Crippen molar-refractivity contribution in [3.63, 3.8) is 0 Å². The third-order valence-corrected chi connectivity index (χ3v) is 4.68. The van der Waals surface area contributed by atoms with Gasteiger partial charge in [-0.05, 0) is 41.7 Å². The van der Waals surface area contributed by atoms with Gasteiger partial charge in [-0.1, -0.05) is 29.8 Å². The summed E-state index contributed by atoms with van der Waals surface area (Å²) in [7, 11) is 0. The van der Waals surface area contributed by atoms with E-state index in [1.165, 1.54) is 0 Å². The Balaban J connectivity index is 1.32. The van der Waals surface area contributed by atoms with Crippen LogP contribution in [0.4, 0.5) is 0 Å². The number of nitrogens with zero attached hydrogens (tertiary/aromatic N) is 3. The highest BCUT2D eigenvalue weighted by atomic mass is 35.5. The molecule has 4 rings (SSSR count). The maximum absolute atomic E-state index is 12.3. The largest absolute Gasteiger partial charge is 0.352 e. The summed E-state index contributed by atoms with van der Waals surface area (Å²) in [6, 6.07) is 11.6. The summed E-state index contributed by atoms with van der Waals surface area (Å²) in [6.07, 6.45) is 7.91. The molecular formula is C19H17ClN4O. The zero-order valence-electron chi connectivity index (χ0n) is 13.5. The van der Waals surface area contributed by atoms with Gasteiger partial charge in [0.15, 0.2) is 0 Å². The predicted octanol–water partition coefficient (Wildman–Crippen LogP) is 3.34. The third-order valence-electron chi connectivity index (χ3n) is 4.45. The zero-order valence-corrected chi connectivity index (χ0v) is 14.2. The van der Waals surface area contributed by atoms with Crippen LogP contribution in [0.1, 0.15) is 23.5 Å². The van der Waals surface area contributed by atoms with Crippen LogP contribution in [0, 0.1) is 5.92 Å². The lowest BCUT2D eigenvalue weighted by Gasteiger charge is -2.07. The van der Waals surface area contributed by atoms with Crippen molar-refractivity contribution in [2.45, 2.75) is 18.9 Å². The molecule has 126 valence electrons. The molecule has 0 spiro atoms. The Hall–Kier alpha value is -2.66. The lowest BCUT2D eigenvalue weighted by atomic mass is 10.1. The quantitative estimate of drug-likeness (QED) is 0.766. The van der Waals surface area contributed by atoms with Gasteiger partial charge >= 0.3 is 0 Å².